The van der Waals surface area contributed by atoms with Gasteiger partial charge in [-0.1, -0.05) is 102 Å². The molecule has 3 rings (SSSR count). The van der Waals surface area contributed by atoms with Gasteiger partial charge in [0.1, 0.15) is 96.7 Å². The van der Waals surface area contributed by atoms with Gasteiger partial charge in [0.25, 0.3) is 0 Å². The van der Waals surface area contributed by atoms with Crippen molar-refractivity contribution < 1.29 is 131 Å². The van der Waals surface area contributed by atoms with E-state index in [-0.39, 0.29) is 94.9 Å². The number of carboxylic acids is 3. The molecule has 2 aromatic carbocycles. The van der Waals surface area contributed by atoms with Gasteiger partial charge < -0.3 is 149 Å². The number of carbonyl (C=O) groups excluding carboxylic acids is 19. The number of aliphatic hydroxyl groups excluding tert-OH is 2. The number of amides is 19. The number of nitrogens with two attached hydrogens (primary N) is 3. The molecule has 0 saturated heterocycles. The Morgan fingerprint density at radius 3 is 1.09 bits per heavy atom. The minimum Gasteiger partial charge on any atom is -0.481 e. The predicted molar refractivity (Wildman–Crippen MR) is 521 cm³/mol. The minimum absolute atomic E-state index is 0.0234. The van der Waals surface area contributed by atoms with Crippen LogP contribution in [-0.4, -0.2) is 326 Å². The van der Waals surface area contributed by atoms with Crippen LogP contribution < -0.4 is 118 Å². The predicted octanol–water partition coefficient (Wildman–Crippen LogP) is -7.49. The molecule has 17 atom stereocenters. The molecule has 0 saturated carbocycles. The van der Waals surface area contributed by atoms with E-state index in [0.717, 1.165) is 6.92 Å². The average molecular weight is 2050 g/mol. The fraction of sp³-hybridized carbons (Fsp3) is 0.598. The Kier molecular flexibility index (Phi) is 57.0. The van der Waals surface area contributed by atoms with Crippen LogP contribution in [0, 0.1) is 17.8 Å². The normalized spacial score (nSPS) is 14.7. The molecule has 0 radical (unpaired) electrons. The van der Waals surface area contributed by atoms with Gasteiger partial charge in [-0.25, -0.2) is 9.78 Å². The third kappa shape index (κ3) is 47.8. The Morgan fingerprint density at radius 2 is 0.688 bits per heavy atom. The van der Waals surface area contributed by atoms with E-state index in [2.05, 4.69) is 111 Å². The number of carbonyl (C=O) groups is 22. The number of hydrogen-bond donors (Lipinski definition) is 28. The monoisotopic (exact) mass is 2050 g/mol. The molecule has 0 unspecified atom stereocenters. The third-order valence-electron chi connectivity index (χ3n) is 22.0. The Balaban J connectivity index is 1.71. The highest BCUT2D eigenvalue weighted by molar-refractivity contribution is 7.98. The van der Waals surface area contributed by atoms with Crippen LogP contribution >= 0.6 is 11.8 Å². The van der Waals surface area contributed by atoms with E-state index in [4.69, 9.17) is 17.2 Å². The molecular weight excluding hydrogens is 1910 g/mol. The van der Waals surface area contributed by atoms with Crippen molar-refractivity contribution in [3.05, 3.63) is 90.0 Å². The van der Waals surface area contributed by atoms with E-state index in [1.54, 1.807) is 108 Å². The number of aliphatic carboxylic acids is 3. The summed E-state index contributed by atoms with van der Waals surface area (Å²) < 4.78 is 0. The Labute approximate surface area is 837 Å². The van der Waals surface area contributed by atoms with Gasteiger partial charge in [-0.05, 0) is 152 Å². The number of nitrogens with one attached hydrogen (secondary N) is 20. The first-order valence-electron chi connectivity index (χ1n) is 47.3. The smallest absolute Gasteiger partial charge is 0.326 e. The molecular formula is C92H144N24O27S. The minimum atomic E-state index is -1.79. The fourth-order valence-electron chi connectivity index (χ4n) is 14.0. The fourth-order valence-corrected chi connectivity index (χ4v) is 14.5. The maximum Gasteiger partial charge on any atom is 0.326 e. The number of unbranched alkanes of at least 4 members (excludes halogenated alkanes) is 2. The van der Waals surface area contributed by atoms with E-state index >= 15 is 0 Å². The quantitative estimate of drug-likeness (QED) is 0.0233. The van der Waals surface area contributed by atoms with E-state index in [9.17, 15) is 131 Å². The van der Waals surface area contributed by atoms with Gasteiger partial charge in [0.15, 0.2) is 0 Å². The number of aromatic amines is 1. The number of H-pyrrole nitrogens is 1. The summed E-state index contributed by atoms with van der Waals surface area (Å²) in [6, 6.07) is -7.34. The standard InChI is InChI=1S/C92H144N24O27S/c1-48(2)36-63(86(136)111-65(38-55-22-14-12-15-23-55)82(132)99-45-71(121)105-60(28-30-73(123)124)81(131)98-43-70(120)104-59(27-19-21-34-94)83(133)101-51(7)77(127)109-61(29-31-74(125)126)85(135)113-67(92(142)143)39-56-24-16-13-17-25-56)110-79(129)52(8)102-84(134)62(32-35-144-11)106-72(122)44-97-80(130)58(26-18-20-33-93)108-78(128)53(9)103-91(141)76(54(10)118)116-88(138)64(37-49(3)4)112-90(140)75(50(5)6)115-89(139)68(46-117)114-87(137)66(107-69(119)41-95)40-57-42-96-47-100-57/h12-17,22-25,42,47-54,58-68,75-76,117-118H,18-21,26-41,43-46,93-95H2,1-11H3,(H,96,100)(H,97,130)(H,98,131)(H,99,132)(H,101,133)(H,102,134)(H,103,141)(H,104,120)(H,105,121)(H,106,122)(H,107,119)(H,108,128)(H,109,127)(H,110,129)(H,111,136)(H,112,140)(H,113,135)(H,114,137)(H,115,139)(H,116,138)(H,123,124)(H,125,126)(H,142,143)/t51-,52-,53-,54+,58-,59-,60-,61-,62-,63-,64-,65-,66-,67-,68-,75-,76-/m0/s1. The summed E-state index contributed by atoms with van der Waals surface area (Å²) in [5.41, 5.74) is 18.4. The second kappa shape index (κ2) is 66.1. The largest absolute Gasteiger partial charge is 0.481 e. The zero-order valence-electron chi connectivity index (χ0n) is 82.8. The molecule has 3 aromatic rings. The van der Waals surface area contributed by atoms with Gasteiger partial charge in [0.05, 0.1) is 45.2 Å². The van der Waals surface area contributed by atoms with Gasteiger partial charge >= 0.3 is 17.9 Å². The molecule has 0 spiro atoms. The molecule has 0 fully saturated rings. The first-order valence-corrected chi connectivity index (χ1v) is 48.7. The molecule has 800 valence electrons. The summed E-state index contributed by atoms with van der Waals surface area (Å²) in [6.45, 7) is 11.2. The van der Waals surface area contributed by atoms with Gasteiger partial charge in [0.2, 0.25) is 112 Å². The third-order valence-corrected chi connectivity index (χ3v) is 22.6. The lowest BCUT2D eigenvalue weighted by Gasteiger charge is -2.29. The van der Waals surface area contributed by atoms with Crippen LogP contribution in [-0.2, 0) is 125 Å². The molecule has 0 aliphatic heterocycles. The molecule has 1 aromatic heterocycles. The number of hydrogen-bond acceptors (Lipinski definition) is 29. The van der Waals surface area contributed by atoms with Crippen molar-refractivity contribution in [2.75, 3.05) is 57.9 Å². The highest BCUT2D eigenvalue weighted by Crippen LogP contribution is 2.16. The lowest BCUT2D eigenvalue weighted by atomic mass is 9.99. The number of rotatable bonds is 69. The highest BCUT2D eigenvalue weighted by Gasteiger charge is 2.40. The molecule has 0 bridgehead atoms. The summed E-state index contributed by atoms with van der Waals surface area (Å²) in [7, 11) is 0. The van der Waals surface area contributed by atoms with E-state index in [1.165, 1.54) is 45.1 Å². The zero-order valence-corrected chi connectivity index (χ0v) is 83.6. The zero-order chi connectivity index (χ0) is 108. The molecule has 0 aliphatic carbocycles. The summed E-state index contributed by atoms with van der Waals surface area (Å²) in [6.07, 6.45) is 0.847. The molecule has 0 aliphatic rings. The van der Waals surface area contributed by atoms with Crippen molar-refractivity contribution in [1.82, 2.24) is 111 Å². The first kappa shape index (κ1) is 124. The number of nitrogens with zero attached hydrogens (tertiary/aromatic N) is 1. The van der Waals surface area contributed by atoms with Crippen molar-refractivity contribution in [2.45, 2.75) is 275 Å². The topological polar surface area (TPSA) is 812 Å². The summed E-state index contributed by atoms with van der Waals surface area (Å²) in [4.78, 5) is 304. The number of aliphatic hydroxyl groups is 2. The van der Waals surface area contributed by atoms with Crippen LogP contribution in [0.4, 0.5) is 0 Å². The van der Waals surface area contributed by atoms with Crippen molar-refractivity contribution >= 4 is 142 Å². The van der Waals surface area contributed by atoms with Crippen LogP contribution in [0.2, 0.25) is 0 Å². The van der Waals surface area contributed by atoms with Crippen molar-refractivity contribution in [2.24, 2.45) is 35.0 Å². The van der Waals surface area contributed by atoms with Gasteiger partial charge in [-0.15, -0.1) is 0 Å². The lowest BCUT2D eigenvalue weighted by Crippen LogP contribution is -2.62. The van der Waals surface area contributed by atoms with Crippen molar-refractivity contribution in [1.29, 1.82) is 0 Å². The first-order chi connectivity index (χ1) is 68.0. The number of imidazole rings is 1. The Hall–Kier alpha value is -13.9. The lowest BCUT2D eigenvalue weighted by molar-refractivity contribution is -0.143. The van der Waals surface area contributed by atoms with Gasteiger partial charge in [-0.3, -0.25) is 101 Å². The summed E-state index contributed by atoms with van der Waals surface area (Å²) >= 11 is 1.29. The molecule has 19 amide bonds. The SMILES string of the molecule is CSCC[C@H](NC(=O)CNC(=O)[C@H](CCCCN)NC(=O)[C@H](C)NC(=O)[C@@H](NC(=O)[C@H](CC(C)C)NC(=O)[C@@H](NC(=O)[C@H](CO)NC(=O)[C@H](Cc1cnc[nH]1)NC(=O)CN)C(C)C)[C@@H](C)O)C(=O)N[C@@H](C)C(=O)N[C@@H](CC(C)C)C(=O)N[C@@H](Cc1ccccc1)C(=O)NCC(=O)N[C@@H](CCC(=O)O)C(=O)NCC(=O)N[C@@H](CCCCN)C(=O)N[C@@H](C)C(=O)N[C@@H](CCC(=O)O)C(=O)N[C@@H](Cc1ccccc1)C(=O)O. The van der Waals surface area contributed by atoms with Crippen molar-refractivity contribution in [3.63, 3.8) is 0 Å². The second-order valence-electron chi connectivity index (χ2n) is 35.6. The number of benzene rings is 2. The second-order valence-corrected chi connectivity index (χ2v) is 36.6. The number of carboxylic acid groups (broad SMARTS) is 3. The molecule has 31 N–H and O–H groups in total. The highest BCUT2D eigenvalue weighted by atomic mass is 32.2. The summed E-state index contributed by atoms with van der Waals surface area (Å²) in [5.74, 6) is -23.4. The van der Waals surface area contributed by atoms with Crippen LogP contribution in [0.15, 0.2) is 73.2 Å². The van der Waals surface area contributed by atoms with Crippen LogP contribution in [0.5, 0.6) is 0 Å². The van der Waals surface area contributed by atoms with Crippen LogP contribution in [0.3, 0.4) is 0 Å². The molecule has 1 heterocycles. The molecule has 52 heteroatoms. The maximum absolute atomic E-state index is 14.4. The molecule has 51 nitrogen and oxygen atoms in total. The van der Waals surface area contributed by atoms with Crippen LogP contribution in [0.1, 0.15) is 170 Å². The number of thioether (sulfide) groups is 1. The van der Waals surface area contributed by atoms with Crippen LogP contribution in [0.25, 0.3) is 0 Å². The van der Waals surface area contributed by atoms with Crippen molar-refractivity contribution in [3.8, 4) is 0 Å². The van der Waals surface area contributed by atoms with Gasteiger partial charge in [-0.2, -0.15) is 11.8 Å². The van der Waals surface area contributed by atoms with E-state index in [1.807, 2.05) is 0 Å². The Morgan fingerprint density at radius 1 is 0.354 bits per heavy atom. The molecule has 144 heavy (non-hydrogen) atoms. The van der Waals surface area contributed by atoms with E-state index < -0.39 is 297 Å². The Bertz CT molecular complexity index is 4750. The average Bonchev–Trinajstić information content (AvgIpc) is 1.74. The van der Waals surface area contributed by atoms with E-state index in [0.29, 0.717) is 29.7 Å². The number of aromatic nitrogens is 2. The maximum atomic E-state index is 14.4. The van der Waals surface area contributed by atoms with Gasteiger partial charge in [0, 0.05) is 44.0 Å². The summed E-state index contributed by atoms with van der Waals surface area (Å²) in [5, 5.41) is 96.5.